The first kappa shape index (κ1) is 20.8. The molecule has 2 saturated heterocycles. The third kappa shape index (κ3) is 7.06. The number of hydrogen-bond donors (Lipinski definition) is 3. The number of carboxylic acid groups (broad SMARTS) is 1. The highest BCUT2D eigenvalue weighted by atomic mass is 16.3. The standard InChI is InChI=1S/C14H24N4O4.CH2O2/c1-16-10-13(21)18(14(16)22)9-12(20)15-7-11(19)8-17-5-3-2-4-6-17;2-1-3/h11,19H,2-10H2,1H3,(H,15,20);1H,(H,2,3). The van der Waals surface area contributed by atoms with Crippen LogP contribution >= 0.6 is 0 Å². The summed E-state index contributed by atoms with van der Waals surface area (Å²) in [6.45, 7) is 2.08. The number of β-amino-alcohol motifs (C(OH)–C–C–N with tert-alkyl or cyclic N) is 1. The molecule has 10 nitrogen and oxygen atoms in total. The number of nitrogens with zero attached hydrogens (tertiary/aromatic N) is 3. The number of rotatable bonds is 6. The number of hydrogen-bond acceptors (Lipinski definition) is 6. The molecule has 0 spiro atoms. The Labute approximate surface area is 146 Å². The molecule has 1 atom stereocenters. The van der Waals surface area contributed by atoms with Crippen LogP contribution in [0.3, 0.4) is 0 Å². The van der Waals surface area contributed by atoms with Crippen LogP contribution in [0.5, 0.6) is 0 Å². The summed E-state index contributed by atoms with van der Waals surface area (Å²) in [5, 5.41) is 19.4. The number of piperidine rings is 1. The van der Waals surface area contributed by atoms with Crippen molar-refractivity contribution in [3.05, 3.63) is 0 Å². The predicted molar refractivity (Wildman–Crippen MR) is 87.7 cm³/mol. The van der Waals surface area contributed by atoms with E-state index in [4.69, 9.17) is 9.90 Å². The van der Waals surface area contributed by atoms with Gasteiger partial charge in [-0.05, 0) is 25.9 Å². The van der Waals surface area contributed by atoms with Gasteiger partial charge in [-0.3, -0.25) is 19.3 Å². The summed E-state index contributed by atoms with van der Waals surface area (Å²) >= 11 is 0. The fourth-order valence-corrected chi connectivity index (χ4v) is 2.76. The van der Waals surface area contributed by atoms with Crippen LogP contribution in [0.1, 0.15) is 19.3 Å². The minimum atomic E-state index is -0.644. The van der Waals surface area contributed by atoms with Crippen LogP contribution in [0.15, 0.2) is 0 Å². The Kier molecular flexibility index (Phi) is 8.86. The van der Waals surface area contributed by atoms with Crippen LogP contribution in [-0.4, -0.2) is 102 Å². The van der Waals surface area contributed by atoms with Gasteiger partial charge in [0, 0.05) is 20.1 Å². The molecule has 0 bridgehead atoms. The van der Waals surface area contributed by atoms with Crippen molar-refractivity contribution in [2.45, 2.75) is 25.4 Å². The maximum Gasteiger partial charge on any atom is 0.327 e. The molecule has 0 saturated carbocycles. The lowest BCUT2D eigenvalue weighted by molar-refractivity contribution is -0.130. The van der Waals surface area contributed by atoms with E-state index in [1.165, 1.54) is 18.4 Å². The molecule has 0 aromatic carbocycles. The fraction of sp³-hybridized carbons (Fsp3) is 0.733. The zero-order valence-electron chi connectivity index (χ0n) is 14.4. The van der Waals surface area contributed by atoms with E-state index in [1.807, 2.05) is 0 Å². The van der Waals surface area contributed by atoms with Crippen molar-refractivity contribution in [3.63, 3.8) is 0 Å². The summed E-state index contributed by atoms with van der Waals surface area (Å²) in [5.74, 6) is -0.814. The third-order valence-corrected chi connectivity index (χ3v) is 3.99. The third-order valence-electron chi connectivity index (χ3n) is 3.99. The van der Waals surface area contributed by atoms with Crippen molar-refractivity contribution in [1.29, 1.82) is 0 Å². The number of likely N-dealkylation sites (N-methyl/N-ethyl adjacent to an activating group) is 1. The zero-order valence-corrected chi connectivity index (χ0v) is 14.4. The Morgan fingerprint density at radius 2 is 1.88 bits per heavy atom. The molecule has 3 N–H and O–H groups in total. The summed E-state index contributed by atoms with van der Waals surface area (Å²) in [7, 11) is 1.51. The van der Waals surface area contributed by atoms with E-state index in [-0.39, 0.29) is 32.0 Å². The molecule has 142 valence electrons. The van der Waals surface area contributed by atoms with Crippen LogP contribution in [0, 0.1) is 0 Å². The largest absolute Gasteiger partial charge is 0.483 e. The summed E-state index contributed by atoms with van der Waals surface area (Å²) < 4.78 is 0. The average Bonchev–Trinajstić information content (AvgIpc) is 2.81. The molecule has 2 fully saturated rings. The lowest BCUT2D eigenvalue weighted by Crippen LogP contribution is -2.45. The van der Waals surface area contributed by atoms with Crippen molar-refractivity contribution in [2.75, 3.05) is 46.3 Å². The Bertz CT molecular complexity index is 481. The van der Waals surface area contributed by atoms with Gasteiger partial charge < -0.3 is 25.3 Å². The number of carbonyl (C=O) groups is 4. The lowest BCUT2D eigenvalue weighted by atomic mass is 10.1. The number of imide groups is 1. The minimum absolute atomic E-state index is 0.00367. The number of carbonyl (C=O) groups excluding carboxylic acids is 3. The predicted octanol–water partition coefficient (Wildman–Crippen LogP) is -1.46. The van der Waals surface area contributed by atoms with Gasteiger partial charge in [0.05, 0.1) is 6.10 Å². The van der Waals surface area contributed by atoms with E-state index < -0.39 is 18.0 Å². The monoisotopic (exact) mass is 358 g/mol. The molecule has 4 amide bonds. The van der Waals surface area contributed by atoms with Crippen LogP contribution in [0.2, 0.25) is 0 Å². The van der Waals surface area contributed by atoms with Crippen molar-refractivity contribution in [2.24, 2.45) is 0 Å². The maximum absolute atomic E-state index is 11.8. The van der Waals surface area contributed by atoms with E-state index >= 15 is 0 Å². The van der Waals surface area contributed by atoms with E-state index in [2.05, 4.69) is 10.2 Å². The quantitative estimate of drug-likeness (QED) is 0.391. The normalized spacial score (nSPS) is 19.3. The van der Waals surface area contributed by atoms with Gasteiger partial charge in [0.15, 0.2) is 0 Å². The molecule has 0 radical (unpaired) electrons. The smallest absolute Gasteiger partial charge is 0.327 e. The zero-order chi connectivity index (χ0) is 18.8. The number of aliphatic hydroxyl groups excluding tert-OH is 1. The van der Waals surface area contributed by atoms with Gasteiger partial charge in [0.2, 0.25) is 5.91 Å². The summed E-state index contributed by atoms with van der Waals surface area (Å²) in [6.07, 6.45) is 2.88. The molecule has 1 unspecified atom stereocenters. The molecule has 2 aliphatic rings. The maximum atomic E-state index is 11.8. The van der Waals surface area contributed by atoms with Crippen LogP contribution in [0.25, 0.3) is 0 Å². The summed E-state index contributed by atoms with van der Waals surface area (Å²) in [5.41, 5.74) is 0. The second-order valence-electron chi connectivity index (χ2n) is 6.04. The van der Waals surface area contributed by atoms with Crippen molar-refractivity contribution < 1.29 is 29.4 Å². The van der Waals surface area contributed by atoms with Gasteiger partial charge in [-0.25, -0.2) is 4.79 Å². The van der Waals surface area contributed by atoms with Crippen molar-refractivity contribution in [3.8, 4) is 0 Å². The molecule has 0 aliphatic carbocycles. The van der Waals surface area contributed by atoms with Gasteiger partial charge in [-0.15, -0.1) is 0 Å². The Morgan fingerprint density at radius 3 is 2.40 bits per heavy atom. The van der Waals surface area contributed by atoms with Gasteiger partial charge in [0.25, 0.3) is 12.4 Å². The molecule has 2 aliphatic heterocycles. The molecule has 2 heterocycles. The van der Waals surface area contributed by atoms with Gasteiger partial charge >= 0.3 is 6.03 Å². The molecule has 2 rings (SSSR count). The Balaban J connectivity index is 0.000000970. The highest BCUT2D eigenvalue weighted by Gasteiger charge is 2.34. The van der Waals surface area contributed by atoms with E-state index in [9.17, 15) is 19.5 Å². The molecular formula is C15H26N4O6. The first-order valence-corrected chi connectivity index (χ1v) is 8.19. The van der Waals surface area contributed by atoms with E-state index in [0.29, 0.717) is 6.54 Å². The summed E-state index contributed by atoms with van der Waals surface area (Å²) in [4.78, 5) is 47.7. The van der Waals surface area contributed by atoms with Crippen LogP contribution in [-0.2, 0) is 14.4 Å². The molecule has 0 aromatic heterocycles. The molecular weight excluding hydrogens is 332 g/mol. The second-order valence-corrected chi connectivity index (χ2v) is 6.04. The first-order chi connectivity index (χ1) is 11.9. The van der Waals surface area contributed by atoms with Gasteiger partial charge in [-0.1, -0.05) is 6.42 Å². The fourth-order valence-electron chi connectivity index (χ4n) is 2.76. The average molecular weight is 358 g/mol. The molecule has 0 aromatic rings. The topological polar surface area (TPSA) is 130 Å². The SMILES string of the molecule is CN1CC(=O)N(CC(=O)NCC(O)CN2CCCCC2)C1=O.O=CO. The number of urea groups is 1. The Morgan fingerprint density at radius 1 is 1.28 bits per heavy atom. The van der Waals surface area contributed by atoms with Crippen LogP contribution in [0.4, 0.5) is 4.79 Å². The molecule has 25 heavy (non-hydrogen) atoms. The van der Waals surface area contributed by atoms with E-state index in [1.54, 1.807) is 0 Å². The highest BCUT2D eigenvalue weighted by molar-refractivity contribution is 6.04. The molecule has 10 heteroatoms. The Hall–Kier alpha value is -2.20. The summed E-state index contributed by atoms with van der Waals surface area (Å²) in [6, 6.07) is -0.464. The lowest BCUT2D eigenvalue weighted by Gasteiger charge is -2.28. The van der Waals surface area contributed by atoms with Crippen molar-refractivity contribution >= 4 is 24.3 Å². The first-order valence-electron chi connectivity index (χ1n) is 8.19. The highest BCUT2D eigenvalue weighted by Crippen LogP contribution is 2.09. The minimum Gasteiger partial charge on any atom is -0.483 e. The van der Waals surface area contributed by atoms with E-state index in [0.717, 1.165) is 30.8 Å². The van der Waals surface area contributed by atoms with Crippen LogP contribution < -0.4 is 5.32 Å². The number of nitrogens with one attached hydrogen (secondary N) is 1. The number of aliphatic hydroxyl groups is 1. The second kappa shape index (κ2) is 10.6. The van der Waals surface area contributed by atoms with Gasteiger partial charge in [0.1, 0.15) is 13.1 Å². The van der Waals surface area contributed by atoms with Gasteiger partial charge in [-0.2, -0.15) is 0 Å². The van der Waals surface area contributed by atoms with Crippen molar-refractivity contribution in [1.82, 2.24) is 20.0 Å². The number of likely N-dealkylation sites (tertiary alicyclic amines) is 1. The number of amides is 4.